The van der Waals surface area contributed by atoms with Gasteiger partial charge in [-0.05, 0) is 29.9 Å². The number of rotatable bonds is 10. The Hall–Kier alpha value is -1.51. The first-order valence-corrected chi connectivity index (χ1v) is 9.92. The maximum atomic E-state index is 12.7. The maximum Gasteiger partial charge on any atom is 0.227 e. The third kappa shape index (κ3) is 7.09. The molecule has 0 heterocycles. The topological polar surface area (TPSA) is 49.3 Å². The lowest BCUT2D eigenvalue weighted by molar-refractivity contribution is -0.122. The predicted molar refractivity (Wildman–Crippen MR) is 106 cm³/mol. The normalized spacial score (nSPS) is 12.8. The van der Waals surface area contributed by atoms with Gasteiger partial charge in [0.2, 0.25) is 5.91 Å². The average Bonchev–Trinajstić information content (AvgIpc) is 2.55. The minimum absolute atomic E-state index is 0.0178. The predicted octanol–water partition coefficient (Wildman–Crippen LogP) is 5.66. The van der Waals surface area contributed by atoms with Crippen molar-refractivity contribution in [2.45, 2.75) is 90.9 Å². The van der Waals surface area contributed by atoms with Crippen molar-refractivity contribution in [1.82, 2.24) is 5.32 Å². The van der Waals surface area contributed by atoms with Gasteiger partial charge in [0.25, 0.3) is 0 Å². The molecule has 1 aromatic carbocycles. The number of aromatic hydroxyl groups is 1. The van der Waals surface area contributed by atoms with Crippen molar-refractivity contribution >= 4 is 5.91 Å². The molecular weight excluding hydrogens is 310 g/mol. The van der Waals surface area contributed by atoms with Crippen LogP contribution in [-0.2, 0) is 10.2 Å². The molecule has 0 saturated heterocycles. The number of carbonyl (C=O) groups excluding carboxylic acids is 1. The quantitative estimate of drug-likeness (QED) is 0.536. The lowest BCUT2D eigenvalue weighted by atomic mass is 9.84. The molecule has 1 atom stereocenters. The third-order valence-corrected chi connectivity index (χ3v) is 4.76. The largest absolute Gasteiger partial charge is 0.508 e. The van der Waals surface area contributed by atoms with Gasteiger partial charge in [0.15, 0.2) is 0 Å². The van der Waals surface area contributed by atoms with Crippen LogP contribution in [0.15, 0.2) is 18.2 Å². The van der Waals surface area contributed by atoms with E-state index in [4.69, 9.17) is 0 Å². The molecule has 3 nitrogen and oxygen atoms in total. The second-order valence-corrected chi connectivity index (χ2v) is 8.07. The Labute approximate surface area is 154 Å². The molecule has 0 aliphatic carbocycles. The molecule has 2 N–H and O–H groups in total. The summed E-state index contributed by atoms with van der Waals surface area (Å²) in [5.41, 5.74) is 1.83. The van der Waals surface area contributed by atoms with Gasteiger partial charge in [-0.25, -0.2) is 0 Å². The van der Waals surface area contributed by atoms with Crippen LogP contribution in [0.4, 0.5) is 0 Å². The Morgan fingerprint density at radius 2 is 1.76 bits per heavy atom. The molecule has 0 aliphatic rings. The van der Waals surface area contributed by atoms with Crippen molar-refractivity contribution in [2.24, 2.45) is 0 Å². The Kier molecular flexibility index (Phi) is 9.02. The van der Waals surface area contributed by atoms with Crippen LogP contribution in [0, 0.1) is 0 Å². The van der Waals surface area contributed by atoms with E-state index in [-0.39, 0.29) is 23.0 Å². The van der Waals surface area contributed by atoms with Gasteiger partial charge in [0.05, 0.1) is 5.92 Å². The van der Waals surface area contributed by atoms with Crippen LogP contribution in [-0.4, -0.2) is 17.6 Å². The fourth-order valence-electron chi connectivity index (χ4n) is 3.02. The maximum absolute atomic E-state index is 12.7. The van der Waals surface area contributed by atoms with E-state index in [9.17, 15) is 9.90 Å². The first-order valence-electron chi connectivity index (χ1n) is 9.92. The molecule has 1 amide bonds. The number of benzene rings is 1. The summed E-state index contributed by atoms with van der Waals surface area (Å²) >= 11 is 0. The van der Waals surface area contributed by atoms with Gasteiger partial charge in [-0.1, -0.05) is 78.9 Å². The van der Waals surface area contributed by atoms with Crippen LogP contribution in [0.1, 0.15) is 96.6 Å². The summed E-state index contributed by atoms with van der Waals surface area (Å²) in [6, 6.07) is 5.82. The summed E-state index contributed by atoms with van der Waals surface area (Å²) < 4.78 is 0. The molecule has 1 rings (SSSR count). The minimum Gasteiger partial charge on any atom is -0.508 e. The van der Waals surface area contributed by atoms with Gasteiger partial charge in [-0.2, -0.15) is 0 Å². The number of carbonyl (C=O) groups is 1. The molecule has 0 bridgehead atoms. The molecule has 142 valence electrons. The first-order chi connectivity index (χ1) is 11.8. The van der Waals surface area contributed by atoms with E-state index < -0.39 is 0 Å². The number of phenolic OH excluding ortho intramolecular Hbond substituents is 1. The molecular formula is C22H37NO2. The van der Waals surface area contributed by atoms with E-state index >= 15 is 0 Å². The van der Waals surface area contributed by atoms with Crippen LogP contribution in [0.25, 0.3) is 0 Å². The van der Waals surface area contributed by atoms with Crippen LogP contribution < -0.4 is 5.32 Å². The fourth-order valence-corrected chi connectivity index (χ4v) is 3.02. The first kappa shape index (κ1) is 21.5. The van der Waals surface area contributed by atoms with E-state index in [1.54, 1.807) is 0 Å². The Balaban J connectivity index is 2.95. The van der Waals surface area contributed by atoms with E-state index in [1.165, 1.54) is 12.8 Å². The molecule has 0 spiro atoms. The molecule has 1 unspecified atom stereocenters. The zero-order valence-corrected chi connectivity index (χ0v) is 16.8. The molecule has 1 aromatic rings. The van der Waals surface area contributed by atoms with E-state index in [2.05, 4.69) is 39.9 Å². The molecule has 25 heavy (non-hydrogen) atoms. The third-order valence-electron chi connectivity index (χ3n) is 4.76. The van der Waals surface area contributed by atoms with E-state index in [0.29, 0.717) is 6.54 Å². The van der Waals surface area contributed by atoms with E-state index in [0.717, 1.165) is 43.2 Å². The second kappa shape index (κ2) is 10.5. The van der Waals surface area contributed by atoms with Crippen molar-refractivity contribution in [2.75, 3.05) is 6.54 Å². The number of amides is 1. The summed E-state index contributed by atoms with van der Waals surface area (Å²) in [7, 11) is 0. The Morgan fingerprint density at radius 1 is 1.08 bits per heavy atom. The standard InChI is InChI=1S/C22H37NO2/c1-6-8-10-11-12-19(21(25)23-15-9-7-2)18-14-13-17(16-20(18)24)22(3,4)5/h13-14,16,19,24H,6-12,15H2,1-5H3,(H,23,25). The molecule has 0 fully saturated rings. The fraction of sp³-hybridized carbons (Fsp3) is 0.682. The van der Waals surface area contributed by atoms with Crippen molar-refractivity contribution in [3.63, 3.8) is 0 Å². The van der Waals surface area contributed by atoms with E-state index in [1.807, 2.05) is 18.2 Å². The van der Waals surface area contributed by atoms with Crippen LogP contribution in [0.3, 0.4) is 0 Å². The zero-order chi connectivity index (χ0) is 18.9. The van der Waals surface area contributed by atoms with Gasteiger partial charge in [-0.15, -0.1) is 0 Å². The molecule has 0 saturated carbocycles. The smallest absolute Gasteiger partial charge is 0.227 e. The lowest BCUT2D eigenvalue weighted by Crippen LogP contribution is -2.30. The Bertz CT molecular complexity index is 531. The van der Waals surface area contributed by atoms with Gasteiger partial charge in [0.1, 0.15) is 5.75 Å². The summed E-state index contributed by atoms with van der Waals surface area (Å²) in [5.74, 6) is 0.0324. The number of phenols is 1. The summed E-state index contributed by atoms with van der Waals surface area (Å²) in [4.78, 5) is 12.7. The summed E-state index contributed by atoms with van der Waals surface area (Å²) in [5, 5.41) is 13.6. The molecule has 0 aromatic heterocycles. The van der Waals surface area contributed by atoms with Gasteiger partial charge >= 0.3 is 0 Å². The number of hydrogen-bond acceptors (Lipinski definition) is 2. The van der Waals surface area contributed by atoms with Crippen molar-refractivity contribution in [3.8, 4) is 5.75 Å². The molecule has 3 heteroatoms. The van der Waals surface area contributed by atoms with Crippen molar-refractivity contribution in [3.05, 3.63) is 29.3 Å². The summed E-state index contributed by atoms with van der Waals surface area (Å²) in [6.45, 7) is 11.4. The average molecular weight is 348 g/mol. The van der Waals surface area contributed by atoms with Crippen LogP contribution in [0.5, 0.6) is 5.75 Å². The van der Waals surface area contributed by atoms with Crippen molar-refractivity contribution < 1.29 is 9.90 Å². The molecule has 0 radical (unpaired) electrons. The van der Waals surface area contributed by atoms with Crippen LogP contribution in [0.2, 0.25) is 0 Å². The monoisotopic (exact) mass is 347 g/mol. The highest BCUT2D eigenvalue weighted by molar-refractivity contribution is 5.84. The Morgan fingerprint density at radius 3 is 2.32 bits per heavy atom. The SMILES string of the molecule is CCCCCCC(C(=O)NCCCC)c1ccc(C(C)(C)C)cc1O. The lowest BCUT2D eigenvalue weighted by Gasteiger charge is -2.23. The van der Waals surface area contributed by atoms with Crippen molar-refractivity contribution in [1.29, 1.82) is 0 Å². The van der Waals surface area contributed by atoms with Gasteiger partial charge in [-0.3, -0.25) is 4.79 Å². The van der Waals surface area contributed by atoms with Crippen LogP contribution >= 0.6 is 0 Å². The zero-order valence-electron chi connectivity index (χ0n) is 16.8. The van der Waals surface area contributed by atoms with Gasteiger partial charge in [0, 0.05) is 12.1 Å². The number of hydrogen-bond donors (Lipinski definition) is 2. The highest BCUT2D eigenvalue weighted by Crippen LogP contribution is 2.34. The highest BCUT2D eigenvalue weighted by atomic mass is 16.3. The highest BCUT2D eigenvalue weighted by Gasteiger charge is 2.24. The van der Waals surface area contributed by atoms with Gasteiger partial charge < -0.3 is 10.4 Å². The molecule has 0 aliphatic heterocycles. The minimum atomic E-state index is -0.261. The second-order valence-electron chi connectivity index (χ2n) is 8.07. The number of nitrogens with one attached hydrogen (secondary N) is 1. The number of unbranched alkanes of at least 4 members (excludes halogenated alkanes) is 4. The summed E-state index contributed by atoms with van der Waals surface area (Å²) in [6.07, 6.45) is 7.37.